The van der Waals surface area contributed by atoms with E-state index in [4.69, 9.17) is 9.47 Å². The summed E-state index contributed by atoms with van der Waals surface area (Å²) in [5, 5.41) is 0. The van der Waals surface area contributed by atoms with Crippen molar-refractivity contribution in [2.45, 2.75) is 24.9 Å². The summed E-state index contributed by atoms with van der Waals surface area (Å²) in [5.74, 6) is 0.745. The monoisotopic (exact) mass is 406 g/mol. The third-order valence-electron chi connectivity index (χ3n) is 6.70. The van der Waals surface area contributed by atoms with Crippen LogP contribution in [0.3, 0.4) is 0 Å². The Labute approximate surface area is 176 Å². The van der Waals surface area contributed by atoms with Crippen LogP contribution in [-0.4, -0.2) is 61.0 Å². The molecule has 2 saturated heterocycles. The van der Waals surface area contributed by atoms with Crippen molar-refractivity contribution in [1.82, 2.24) is 9.80 Å². The molecular formula is C24H26N2O4. The summed E-state index contributed by atoms with van der Waals surface area (Å²) < 4.78 is 11.8. The van der Waals surface area contributed by atoms with Gasteiger partial charge in [0.05, 0.1) is 17.9 Å². The van der Waals surface area contributed by atoms with Crippen LogP contribution < -0.4 is 9.47 Å². The molecule has 156 valence electrons. The maximum absolute atomic E-state index is 13.7. The SMILES string of the molecule is CN1CCC2(CC1)C(=O)N(CC1COc3ccccc3O1)C(=O)C2c1ccccc1. The zero-order chi connectivity index (χ0) is 20.7. The van der Waals surface area contributed by atoms with Crippen molar-refractivity contribution in [1.29, 1.82) is 0 Å². The van der Waals surface area contributed by atoms with Crippen molar-refractivity contribution < 1.29 is 19.1 Å². The van der Waals surface area contributed by atoms with Crippen molar-refractivity contribution in [2.75, 3.05) is 33.3 Å². The first-order chi connectivity index (χ1) is 14.6. The number of hydrogen-bond donors (Lipinski definition) is 0. The smallest absolute Gasteiger partial charge is 0.237 e. The van der Waals surface area contributed by atoms with E-state index in [1.807, 2.05) is 54.6 Å². The highest BCUT2D eigenvalue weighted by Gasteiger charge is 2.60. The van der Waals surface area contributed by atoms with Gasteiger partial charge >= 0.3 is 0 Å². The molecule has 6 heteroatoms. The number of nitrogens with zero attached hydrogens (tertiary/aromatic N) is 2. The second-order valence-corrected chi connectivity index (χ2v) is 8.55. The van der Waals surface area contributed by atoms with Crippen LogP contribution in [0.5, 0.6) is 11.5 Å². The number of carbonyl (C=O) groups excluding carboxylic acids is 2. The molecule has 2 atom stereocenters. The molecule has 2 aromatic carbocycles. The molecule has 2 unspecified atom stereocenters. The Bertz CT molecular complexity index is 953. The molecule has 2 amide bonds. The zero-order valence-corrected chi connectivity index (χ0v) is 17.1. The maximum Gasteiger partial charge on any atom is 0.237 e. The van der Waals surface area contributed by atoms with Crippen molar-refractivity contribution in [2.24, 2.45) is 5.41 Å². The van der Waals surface area contributed by atoms with E-state index < -0.39 is 11.3 Å². The third-order valence-corrected chi connectivity index (χ3v) is 6.70. The lowest BCUT2D eigenvalue weighted by Gasteiger charge is -2.39. The number of rotatable bonds is 3. The molecular weight excluding hydrogens is 380 g/mol. The van der Waals surface area contributed by atoms with E-state index in [2.05, 4.69) is 11.9 Å². The van der Waals surface area contributed by atoms with Gasteiger partial charge in [0, 0.05) is 0 Å². The number of para-hydroxylation sites is 2. The lowest BCUT2D eigenvalue weighted by Crippen LogP contribution is -2.47. The van der Waals surface area contributed by atoms with Gasteiger partial charge in [-0.25, -0.2) is 0 Å². The summed E-state index contributed by atoms with van der Waals surface area (Å²) in [5.41, 5.74) is 0.257. The normalized spacial score (nSPS) is 25.7. The maximum atomic E-state index is 13.7. The number of benzene rings is 2. The lowest BCUT2D eigenvalue weighted by atomic mass is 9.67. The van der Waals surface area contributed by atoms with Gasteiger partial charge in [-0.2, -0.15) is 0 Å². The van der Waals surface area contributed by atoms with Crippen LogP contribution in [0.4, 0.5) is 0 Å². The van der Waals surface area contributed by atoms with E-state index in [-0.39, 0.29) is 24.5 Å². The second-order valence-electron chi connectivity index (χ2n) is 8.55. The van der Waals surface area contributed by atoms with E-state index >= 15 is 0 Å². The molecule has 6 nitrogen and oxygen atoms in total. The van der Waals surface area contributed by atoms with Crippen LogP contribution in [0.2, 0.25) is 0 Å². The van der Waals surface area contributed by atoms with Gasteiger partial charge in [0.25, 0.3) is 0 Å². The molecule has 0 aliphatic carbocycles. The average Bonchev–Trinajstić information content (AvgIpc) is 2.97. The van der Waals surface area contributed by atoms with Crippen LogP contribution >= 0.6 is 0 Å². The number of likely N-dealkylation sites (tertiary alicyclic amines) is 2. The van der Waals surface area contributed by atoms with Gasteiger partial charge < -0.3 is 14.4 Å². The first kappa shape index (κ1) is 19.1. The summed E-state index contributed by atoms with van der Waals surface area (Å²) in [7, 11) is 2.06. The van der Waals surface area contributed by atoms with Gasteiger partial charge in [0.1, 0.15) is 6.61 Å². The van der Waals surface area contributed by atoms with Crippen LogP contribution in [0.15, 0.2) is 54.6 Å². The van der Waals surface area contributed by atoms with Crippen LogP contribution in [-0.2, 0) is 9.59 Å². The minimum absolute atomic E-state index is 0.0584. The van der Waals surface area contributed by atoms with Crippen LogP contribution in [0.1, 0.15) is 24.3 Å². The number of piperidine rings is 1. The van der Waals surface area contributed by atoms with Gasteiger partial charge in [-0.1, -0.05) is 42.5 Å². The Balaban J connectivity index is 1.44. The molecule has 0 radical (unpaired) electrons. The summed E-state index contributed by atoms with van der Waals surface area (Å²) in [4.78, 5) is 30.9. The number of imide groups is 1. The number of carbonyl (C=O) groups is 2. The average molecular weight is 406 g/mol. The van der Waals surface area contributed by atoms with E-state index in [1.54, 1.807) is 0 Å². The Morgan fingerprint density at radius 3 is 2.37 bits per heavy atom. The minimum Gasteiger partial charge on any atom is -0.486 e. The number of amides is 2. The zero-order valence-electron chi connectivity index (χ0n) is 17.1. The van der Waals surface area contributed by atoms with Crippen LogP contribution in [0, 0.1) is 5.41 Å². The van der Waals surface area contributed by atoms with E-state index in [0.29, 0.717) is 30.9 Å². The first-order valence-electron chi connectivity index (χ1n) is 10.6. The molecule has 0 bridgehead atoms. The Morgan fingerprint density at radius 1 is 0.967 bits per heavy atom. The Hall–Kier alpha value is -2.86. The fourth-order valence-electron chi connectivity index (χ4n) is 5.04. The fraction of sp³-hybridized carbons (Fsp3) is 0.417. The lowest BCUT2D eigenvalue weighted by molar-refractivity contribution is -0.144. The molecule has 3 heterocycles. The largest absolute Gasteiger partial charge is 0.486 e. The molecule has 30 heavy (non-hydrogen) atoms. The Morgan fingerprint density at radius 2 is 1.63 bits per heavy atom. The van der Waals surface area contributed by atoms with Crippen molar-refractivity contribution in [3.05, 3.63) is 60.2 Å². The van der Waals surface area contributed by atoms with Gasteiger partial charge in [-0.15, -0.1) is 0 Å². The predicted octanol–water partition coefficient (Wildman–Crippen LogP) is 2.69. The first-order valence-corrected chi connectivity index (χ1v) is 10.6. The second kappa shape index (κ2) is 7.43. The molecule has 2 aromatic rings. The van der Waals surface area contributed by atoms with Gasteiger partial charge in [0.15, 0.2) is 17.6 Å². The number of ether oxygens (including phenoxy) is 2. The number of hydrogen-bond acceptors (Lipinski definition) is 5. The highest BCUT2D eigenvalue weighted by atomic mass is 16.6. The van der Waals surface area contributed by atoms with E-state index in [0.717, 1.165) is 18.7 Å². The van der Waals surface area contributed by atoms with Crippen molar-refractivity contribution in [3.63, 3.8) is 0 Å². The molecule has 0 N–H and O–H groups in total. The van der Waals surface area contributed by atoms with E-state index in [9.17, 15) is 9.59 Å². The minimum atomic E-state index is -0.668. The molecule has 3 aliphatic heterocycles. The summed E-state index contributed by atoms with van der Waals surface area (Å²) >= 11 is 0. The summed E-state index contributed by atoms with van der Waals surface area (Å²) in [6.07, 6.45) is 1.01. The van der Waals surface area contributed by atoms with Crippen molar-refractivity contribution >= 4 is 11.8 Å². The van der Waals surface area contributed by atoms with Gasteiger partial charge in [-0.05, 0) is 50.7 Å². The Kier molecular flexibility index (Phi) is 4.74. The molecule has 0 saturated carbocycles. The summed E-state index contributed by atoms with van der Waals surface area (Å²) in [6, 6.07) is 17.2. The number of fused-ring (bicyclic) bond motifs is 1. The quantitative estimate of drug-likeness (QED) is 0.734. The van der Waals surface area contributed by atoms with Crippen molar-refractivity contribution in [3.8, 4) is 11.5 Å². The molecule has 1 spiro atoms. The molecule has 3 aliphatic rings. The molecule has 0 aromatic heterocycles. The van der Waals surface area contributed by atoms with Crippen LogP contribution in [0.25, 0.3) is 0 Å². The predicted molar refractivity (Wildman–Crippen MR) is 111 cm³/mol. The van der Waals surface area contributed by atoms with E-state index in [1.165, 1.54) is 4.90 Å². The van der Waals surface area contributed by atoms with Gasteiger partial charge in [0.2, 0.25) is 11.8 Å². The fourth-order valence-corrected chi connectivity index (χ4v) is 5.04. The standard InChI is InChI=1S/C24H26N2O4/c1-25-13-11-24(12-14-25)21(17-7-3-2-4-8-17)22(27)26(23(24)28)15-18-16-29-19-9-5-6-10-20(19)30-18/h2-10,18,21H,11-16H2,1H3. The third kappa shape index (κ3) is 3.06. The summed E-state index contributed by atoms with van der Waals surface area (Å²) in [6.45, 7) is 2.16. The topological polar surface area (TPSA) is 59.1 Å². The molecule has 5 rings (SSSR count). The highest BCUT2D eigenvalue weighted by molar-refractivity contribution is 6.10. The highest BCUT2D eigenvalue weighted by Crippen LogP contribution is 2.51. The van der Waals surface area contributed by atoms with Gasteiger partial charge in [-0.3, -0.25) is 14.5 Å². The molecule has 2 fully saturated rings.